The van der Waals surface area contributed by atoms with Crippen molar-refractivity contribution in [3.05, 3.63) is 94.0 Å². The van der Waals surface area contributed by atoms with E-state index in [9.17, 15) is 14.4 Å². The van der Waals surface area contributed by atoms with Gasteiger partial charge in [0, 0.05) is 12.0 Å². The zero-order chi connectivity index (χ0) is 29.7. The van der Waals surface area contributed by atoms with Gasteiger partial charge in [-0.2, -0.15) is 10.2 Å². The monoisotopic (exact) mass is 564 g/mol. The van der Waals surface area contributed by atoms with Gasteiger partial charge in [0.25, 0.3) is 17.7 Å². The lowest BCUT2D eigenvalue weighted by atomic mass is 9.95. The Kier molecular flexibility index (Phi) is 6.84. The molecule has 0 unspecified atom stereocenters. The average molecular weight is 565 g/mol. The molecule has 0 saturated carbocycles. The quantitative estimate of drug-likeness (QED) is 0.407. The van der Waals surface area contributed by atoms with E-state index in [4.69, 9.17) is 9.84 Å². The number of imide groups is 1. The molecular weight excluding hydrogens is 532 g/mol. The second-order valence-corrected chi connectivity index (χ2v) is 11.0. The predicted octanol–water partition coefficient (Wildman–Crippen LogP) is 4.60. The van der Waals surface area contributed by atoms with Gasteiger partial charge in [-0.1, -0.05) is 59.3 Å². The smallest absolute Gasteiger partial charge is 0.264 e. The van der Waals surface area contributed by atoms with E-state index in [0.29, 0.717) is 17.9 Å². The van der Waals surface area contributed by atoms with Gasteiger partial charge in [-0.25, -0.2) is 9.91 Å². The van der Waals surface area contributed by atoms with Crippen LogP contribution in [0.25, 0.3) is 0 Å². The fourth-order valence-corrected chi connectivity index (χ4v) is 6.07. The highest BCUT2D eigenvalue weighted by Gasteiger charge is 2.55. The van der Waals surface area contributed by atoms with E-state index < -0.39 is 23.9 Å². The van der Waals surface area contributed by atoms with Gasteiger partial charge in [-0.3, -0.25) is 19.4 Å². The minimum absolute atomic E-state index is 0.249. The molecule has 0 bridgehead atoms. The number of fused-ring (bicyclic) bond motifs is 1. The third-order valence-electron chi connectivity index (χ3n) is 8.18. The van der Waals surface area contributed by atoms with Crippen molar-refractivity contribution in [1.82, 2.24) is 10.0 Å². The Labute approximate surface area is 244 Å². The van der Waals surface area contributed by atoms with Crippen molar-refractivity contribution in [3.63, 3.8) is 0 Å². The molecule has 3 atom stereocenters. The number of methoxy groups -OCH3 is 1. The molecule has 10 heteroatoms. The first kappa shape index (κ1) is 27.3. The average Bonchev–Trinajstić information content (AvgIpc) is 3.65. The molecule has 3 aromatic carbocycles. The molecule has 0 aliphatic carbocycles. The summed E-state index contributed by atoms with van der Waals surface area (Å²) in [5, 5.41) is 15.8. The van der Waals surface area contributed by atoms with E-state index in [1.54, 1.807) is 7.11 Å². The van der Waals surface area contributed by atoms with Crippen molar-refractivity contribution in [2.24, 2.45) is 15.4 Å². The number of nitrogens with zero attached hydrogens (tertiary/aromatic N) is 6. The molecule has 214 valence electrons. The van der Waals surface area contributed by atoms with Gasteiger partial charge in [-0.05, 0) is 62.1 Å². The maximum Gasteiger partial charge on any atom is 0.264 e. The lowest BCUT2D eigenvalue weighted by Crippen LogP contribution is -2.45. The summed E-state index contributed by atoms with van der Waals surface area (Å²) in [5.74, 6) is -0.506. The number of anilines is 1. The van der Waals surface area contributed by atoms with Gasteiger partial charge in [-0.15, -0.1) is 0 Å². The first-order valence-electron chi connectivity index (χ1n) is 13.9. The summed E-state index contributed by atoms with van der Waals surface area (Å²) >= 11 is 0. The third-order valence-corrected chi connectivity index (χ3v) is 8.18. The Morgan fingerprint density at radius 3 is 2.31 bits per heavy atom. The van der Waals surface area contributed by atoms with E-state index >= 15 is 0 Å². The predicted molar refractivity (Wildman–Crippen MR) is 157 cm³/mol. The minimum atomic E-state index is -0.991. The molecule has 10 nitrogen and oxygen atoms in total. The number of hydrogen-bond donors (Lipinski definition) is 0. The summed E-state index contributed by atoms with van der Waals surface area (Å²) < 4.78 is 5.32. The Morgan fingerprint density at radius 2 is 1.64 bits per heavy atom. The van der Waals surface area contributed by atoms with Crippen LogP contribution in [-0.4, -0.2) is 59.2 Å². The molecule has 1 fully saturated rings. The Bertz CT molecular complexity index is 1640. The number of carbonyl (C=O) groups excluding carboxylic acids is 3. The second kappa shape index (κ2) is 10.5. The van der Waals surface area contributed by atoms with Crippen molar-refractivity contribution in [3.8, 4) is 5.75 Å². The van der Waals surface area contributed by atoms with E-state index in [-0.39, 0.29) is 18.5 Å². The first-order chi connectivity index (χ1) is 20.2. The maximum atomic E-state index is 13.9. The maximum absolute atomic E-state index is 13.9. The number of aryl methyl sites for hydroxylation is 4. The van der Waals surface area contributed by atoms with Crippen LogP contribution in [0.5, 0.6) is 5.75 Å². The van der Waals surface area contributed by atoms with E-state index in [0.717, 1.165) is 39.1 Å². The number of carbonyl (C=O) groups is 3. The molecule has 0 aromatic heterocycles. The van der Waals surface area contributed by atoms with Crippen LogP contribution in [-0.2, 0) is 14.4 Å². The normalized spacial score (nSPS) is 21.3. The molecule has 42 heavy (non-hydrogen) atoms. The Balaban J connectivity index is 1.29. The van der Waals surface area contributed by atoms with Gasteiger partial charge >= 0.3 is 0 Å². The number of hydrazone groups is 1. The van der Waals surface area contributed by atoms with E-state index in [2.05, 4.69) is 16.4 Å². The minimum Gasteiger partial charge on any atom is -0.497 e. The molecule has 3 amide bonds. The van der Waals surface area contributed by atoms with Crippen LogP contribution in [0.1, 0.15) is 45.8 Å². The molecule has 3 aliphatic rings. The molecular formula is C32H32N6O4. The van der Waals surface area contributed by atoms with Crippen molar-refractivity contribution >= 4 is 29.1 Å². The van der Waals surface area contributed by atoms with Crippen LogP contribution < -0.4 is 9.64 Å². The van der Waals surface area contributed by atoms with Crippen molar-refractivity contribution in [2.75, 3.05) is 18.6 Å². The topological polar surface area (TPSA) is 107 Å². The van der Waals surface area contributed by atoms with Crippen LogP contribution in [0.4, 0.5) is 5.69 Å². The molecule has 3 aliphatic heterocycles. The lowest BCUT2D eigenvalue weighted by Gasteiger charge is -2.26. The highest BCUT2D eigenvalue weighted by Crippen LogP contribution is 2.37. The van der Waals surface area contributed by atoms with Crippen molar-refractivity contribution in [1.29, 1.82) is 0 Å². The van der Waals surface area contributed by atoms with E-state index in [1.165, 1.54) is 14.9 Å². The summed E-state index contributed by atoms with van der Waals surface area (Å²) in [6, 6.07) is 17.0. The van der Waals surface area contributed by atoms with Crippen molar-refractivity contribution in [2.45, 2.75) is 52.2 Å². The van der Waals surface area contributed by atoms with Crippen LogP contribution in [0.3, 0.4) is 0 Å². The number of benzene rings is 3. The molecule has 3 heterocycles. The lowest BCUT2D eigenvalue weighted by molar-refractivity contribution is -0.135. The van der Waals surface area contributed by atoms with Gasteiger partial charge in [0.15, 0.2) is 12.1 Å². The number of hydrogen-bond acceptors (Lipinski definition) is 8. The largest absolute Gasteiger partial charge is 0.497 e. The van der Waals surface area contributed by atoms with Crippen LogP contribution in [0, 0.1) is 27.7 Å². The fourth-order valence-electron chi connectivity index (χ4n) is 6.07. The SMILES string of the molecule is COc1ccc([C@H]2CC(c3ccc(C)cc3C)=NN2C(=O)CN2N=N[C@@H]3C(=O)N(c4c(C)cccc4C)C(=O)[C@H]32)cc1. The van der Waals surface area contributed by atoms with Crippen molar-refractivity contribution < 1.29 is 19.1 Å². The van der Waals surface area contributed by atoms with Gasteiger partial charge in [0.2, 0.25) is 0 Å². The Hall–Kier alpha value is -4.86. The summed E-state index contributed by atoms with van der Waals surface area (Å²) in [5.41, 5.74) is 7.09. The summed E-state index contributed by atoms with van der Waals surface area (Å²) in [7, 11) is 1.61. The van der Waals surface area contributed by atoms with Crippen LogP contribution in [0.15, 0.2) is 76.1 Å². The Morgan fingerprint density at radius 1 is 0.929 bits per heavy atom. The molecule has 0 spiro atoms. The first-order valence-corrected chi connectivity index (χ1v) is 13.9. The summed E-state index contributed by atoms with van der Waals surface area (Å²) in [6.45, 7) is 7.54. The molecule has 3 aromatic rings. The van der Waals surface area contributed by atoms with Gasteiger partial charge in [0.1, 0.15) is 12.3 Å². The summed E-state index contributed by atoms with van der Waals surface area (Å²) in [6.07, 6.45) is 0.521. The standard InChI is InChI=1S/C32H32N6O4/c1-18-9-14-24(21(4)15-18)25-16-26(22-10-12-23(42-5)13-11-22)38(34-25)27(39)17-36-30-28(33-35-36)31(40)37(32(30)41)29-19(2)7-6-8-20(29)3/h6-15,26,28,30H,16-17H2,1-5H3/t26-,28+,30+/m1/s1. The van der Waals surface area contributed by atoms with E-state index in [1.807, 2.05) is 82.3 Å². The third kappa shape index (κ3) is 4.52. The number of para-hydroxylation sites is 1. The van der Waals surface area contributed by atoms with Crippen LogP contribution in [0.2, 0.25) is 0 Å². The number of amides is 3. The van der Waals surface area contributed by atoms with Gasteiger partial charge in [0.05, 0.1) is 24.6 Å². The molecule has 1 saturated heterocycles. The number of ether oxygens (including phenoxy) is 1. The highest BCUT2D eigenvalue weighted by atomic mass is 16.5. The highest BCUT2D eigenvalue weighted by molar-refractivity contribution is 6.26. The zero-order valence-corrected chi connectivity index (χ0v) is 24.2. The fraction of sp³-hybridized carbons (Fsp3) is 0.312. The summed E-state index contributed by atoms with van der Waals surface area (Å²) in [4.78, 5) is 42.1. The van der Waals surface area contributed by atoms with Gasteiger partial charge < -0.3 is 4.74 Å². The molecule has 0 radical (unpaired) electrons. The molecule has 0 N–H and O–H groups in total. The van der Waals surface area contributed by atoms with Crippen LogP contribution >= 0.6 is 0 Å². The number of rotatable bonds is 6. The zero-order valence-electron chi connectivity index (χ0n) is 24.2. The second-order valence-electron chi connectivity index (χ2n) is 11.0. The molecule has 6 rings (SSSR count).